The molecule has 0 radical (unpaired) electrons. The van der Waals surface area contributed by atoms with Gasteiger partial charge in [0.05, 0.1) is 0 Å². The lowest BCUT2D eigenvalue weighted by Gasteiger charge is -2.12. The summed E-state index contributed by atoms with van der Waals surface area (Å²) in [6.07, 6.45) is 2.89. The highest BCUT2D eigenvalue weighted by Crippen LogP contribution is 2.18. The van der Waals surface area contributed by atoms with E-state index in [1.54, 1.807) is 0 Å². The third-order valence-electron chi connectivity index (χ3n) is 2.36. The van der Waals surface area contributed by atoms with Gasteiger partial charge in [0.25, 0.3) is 0 Å². The van der Waals surface area contributed by atoms with Crippen molar-refractivity contribution < 1.29 is 8.78 Å². The fourth-order valence-corrected chi connectivity index (χ4v) is 2.26. The average molecular weight is 277 g/mol. The van der Waals surface area contributed by atoms with Crippen LogP contribution < -0.4 is 0 Å². The minimum Gasteiger partial charge on any atom is -0.207 e. The summed E-state index contributed by atoms with van der Waals surface area (Å²) >= 11 is 3.42. The molecule has 0 saturated heterocycles. The van der Waals surface area contributed by atoms with Crippen molar-refractivity contribution >= 4 is 15.9 Å². The molecule has 0 amide bonds. The Balaban J connectivity index is 2.69. The molecule has 0 saturated carbocycles. The van der Waals surface area contributed by atoms with Gasteiger partial charge in [0, 0.05) is 11.4 Å². The summed E-state index contributed by atoms with van der Waals surface area (Å²) < 4.78 is 25.8. The lowest BCUT2D eigenvalue weighted by Crippen LogP contribution is -2.06. The second-order valence-electron chi connectivity index (χ2n) is 3.79. The van der Waals surface area contributed by atoms with E-state index < -0.39 is 11.6 Å². The molecule has 1 aromatic carbocycles. The number of rotatable bonds is 5. The first-order valence-corrected chi connectivity index (χ1v) is 6.28. The van der Waals surface area contributed by atoms with Gasteiger partial charge in [-0.25, -0.2) is 8.78 Å². The minimum absolute atomic E-state index is 0.455. The second kappa shape index (κ2) is 6.21. The molecule has 0 N–H and O–H groups in total. The van der Waals surface area contributed by atoms with Gasteiger partial charge in [-0.1, -0.05) is 29.3 Å². The maximum atomic E-state index is 12.9. The van der Waals surface area contributed by atoms with Crippen LogP contribution in [0.2, 0.25) is 0 Å². The summed E-state index contributed by atoms with van der Waals surface area (Å²) in [7, 11) is 0. The zero-order valence-electron chi connectivity index (χ0n) is 8.77. The van der Waals surface area contributed by atoms with Crippen molar-refractivity contribution in [3.05, 3.63) is 35.4 Å². The van der Waals surface area contributed by atoms with Crippen molar-refractivity contribution in [2.45, 2.75) is 26.2 Å². The van der Waals surface area contributed by atoms with Crippen molar-refractivity contribution in [3.8, 4) is 0 Å². The Labute approximate surface area is 97.8 Å². The molecule has 0 bridgehead atoms. The van der Waals surface area contributed by atoms with Gasteiger partial charge in [-0.05, 0) is 36.5 Å². The molecule has 0 spiro atoms. The number of hydrogen-bond acceptors (Lipinski definition) is 0. The summed E-state index contributed by atoms with van der Waals surface area (Å²) in [5.74, 6) is -0.527. The Hall–Kier alpha value is -0.440. The molecular weight excluding hydrogens is 262 g/mol. The molecule has 0 nitrogen and oxygen atoms in total. The smallest absolute Gasteiger partial charge is 0.126 e. The quantitative estimate of drug-likeness (QED) is 0.703. The van der Waals surface area contributed by atoms with Crippen LogP contribution in [0.5, 0.6) is 0 Å². The molecular formula is C12H15BrF2. The highest BCUT2D eigenvalue weighted by Gasteiger charge is 2.09. The van der Waals surface area contributed by atoms with Crippen LogP contribution in [0.3, 0.4) is 0 Å². The van der Waals surface area contributed by atoms with E-state index in [0.717, 1.165) is 36.2 Å². The predicted molar refractivity (Wildman–Crippen MR) is 62.3 cm³/mol. The summed E-state index contributed by atoms with van der Waals surface area (Å²) in [5.41, 5.74) is 0.741. The van der Waals surface area contributed by atoms with Crippen molar-refractivity contribution in [1.82, 2.24) is 0 Å². The Morgan fingerprint density at radius 1 is 1.20 bits per heavy atom. The summed E-state index contributed by atoms with van der Waals surface area (Å²) in [6.45, 7) is 2.11. The highest BCUT2D eigenvalue weighted by molar-refractivity contribution is 9.09. The molecule has 0 aliphatic carbocycles. The molecule has 0 fully saturated rings. The first kappa shape index (κ1) is 12.6. The van der Waals surface area contributed by atoms with Crippen molar-refractivity contribution in [1.29, 1.82) is 0 Å². The van der Waals surface area contributed by atoms with Crippen LogP contribution in [0.15, 0.2) is 18.2 Å². The molecule has 84 valence electrons. The third-order valence-corrected chi connectivity index (χ3v) is 3.28. The van der Waals surface area contributed by atoms with E-state index in [2.05, 4.69) is 22.9 Å². The van der Waals surface area contributed by atoms with Crippen LogP contribution >= 0.6 is 15.9 Å². The number of alkyl halides is 1. The van der Waals surface area contributed by atoms with Crippen molar-refractivity contribution in [2.24, 2.45) is 5.92 Å². The molecule has 3 heteroatoms. The maximum Gasteiger partial charge on any atom is 0.126 e. The lowest BCUT2D eigenvalue weighted by molar-refractivity contribution is 0.525. The van der Waals surface area contributed by atoms with Crippen molar-refractivity contribution in [3.63, 3.8) is 0 Å². The Kier molecular flexibility index (Phi) is 5.23. The van der Waals surface area contributed by atoms with Gasteiger partial charge in [0.2, 0.25) is 0 Å². The van der Waals surface area contributed by atoms with Crippen molar-refractivity contribution in [2.75, 3.05) is 5.33 Å². The predicted octanol–water partition coefficient (Wildman–Crippen LogP) is 4.32. The molecule has 15 heavy (non-hydrogen) atoms. The molecule has 1 rings (SSSR count). The average Bonchev–Trinajstić information content (AvgIpc) is 2.15. The first-order chi connectivity index (χ1) is 7.15. The van der Waals surface area contributed by atoms with Crippen LogP contribution in [-0.2, 0) is 6.42 Å². The van der Waals surface area contributed by atoms with Crippen LogP contribution in [-0.4, -0.2) is 5.33 Å². The minimum atomic E-state index is -0.491. The Morgan fingerprint density at radius 3 is 2.27 bits per heavy atom. The maximum absolute atomic E-state index is 12.9. The van der Waals surface area contributed by atoms with Gasteiger partial charge < -0.3 is 0 Å². The van der Waals surface area contributed by atoms with Gasteiger partial charge in [-0.15, -0.1) is 0 Å². The van der Waals surface area contributed by atoms with Gasteiger partial charge in [-0.3, -0.25) is 0 Å². The van der Waals surface area contributed by atoms with E-state index in [-0.39, 0.29) is 0 Å². The van der Waals surface area contributed by atoms with Crippen LogP contribution in [0.4, 0.5) is 8.78 Å². The van der Waals surface area contributed by atoms with E-state index in [0.29, 0.717) is 5.92 Å². The zero-order chi connectivity index (χ0) is 11.3. The van der Waals surface area contributed by atoms with E-state index in [1.807, 2.05) is 0 Å². The zero-order valence-corrected chi connectivity index (χ0v) is 10.4. The van der Waals surface area contributed by atoms with E-state index in [9.17, 15) is 8.78 Å². The summed E-state index contributed by atoms with van der Waals surface area (Å²) in [6, 6.07) is 3.73. The largest absolute Gasteiger partial charge is 0.207 e. The molecule has 1 aromatic rings. The lowest BCUT2D eigenvalue weighted by atomic mass is 9.97. The van der Waals surface area contributed by atoms with Crippen LogP contribution in [0.25, 0.3) is 0 Å². The number of halogens is 3. The normalized spacial score (nSPS) is 12.8. The summed E-state index contributed by atoms with van der Waals surface area (Å²) in [4.78, 5) is 0. The monoisotopic (exact) mass is 276 g/mol. The standard InChI is InChI=1S/C12H15BrF2/c1-2-3-9(8-13)4-10-5-11(14)7-12(15)6-10/h5-7,9H,2-4,8H2,1H3. The van der Waals surface area contributed by atoms with E-state index in [1.165, 1.54) is 12.1 Å². The SMILES string of the molecule is CCCC(CBr)Cc1cc(F)cc(F)c1. The first-order valence-electron chi connectivity index (χ1n) is 5.16. The highest BCUT2D eigenvalue weighted by atomic mass is 79.9. The van der Waals surface area contributed by atoms with Crippen LogP contribution in [0.1, 0.15) is 25.3 Å². The molecule has 0 aliphatic heterocycles. The Morgan fingerprint density at radius 2 is 1.80 bits per heavy atom. The van der Waals surface area contributed by atoms with Gasteiger partial charge in [0.1, 0.15) is 11.6 Å². The Bertz CT molecular complexity index is 292. The molecule has 0 heterocycles. The van der Waals surface area contributed by atoms with Gasteiger partial charge >= 0.3 is 0 Å². The third kappa shape index (κ3) is 4.29. The second-order valence-corrected chi connectivity index (χ2v) is 4.44. The van der Waals surface area contributed by atoms with Gasteiger partial charge in [-0.2, -0.15) is 0 Å². The topological polar surface area (TPSA) is 0 Å². The molecule has 1 unspecified atom stereocenters. The molecule has 0 aliphatic rings. The molecule has 1 atom stereocenters. The van der Waals surface area contributed by atoms with Gasteiger partial charge in [0.15, 0.2) is 0 Å². The van der Waals surface area contributed by atoms with Crippen LogP contribution in [0, 0.1) is 17.6 Å². The van der Waals surface area contributed by atoms with E-state index in [4.69, 9.17) is 0 Å². The molecule has 0 aromatic heterocycles. The number of hydrogen-bond donors (Lipinski definition) is 0. The number of benzene rings is 1. The van der Waals surface area contributed by atoms with E-state index >= 15 is 0 Å². The fraction of sp³-hybridized carbons (Fsp3) is 0.500. The summed E-state index contributed by atoms with van der Waals surface area (Å²) in [5, 5.41) is 0.874. The fourth-order valence-electron chi connectivity index (χ4n) is 1.70.